The average molecular weight is 352 g/mol. The topological polar surface area (TPSA) is 112 Å². The van der Waals surface area contributed by atoms with Gasteiger partial charge >= 0.3 is 5.97 Å². The molecule has 1 aromatic rings. The van der Waals surface area contributed by atoms with Crippen LogP contribution in [0.1, 0.15) is 17.3 Å². The quantitative estimate of drug-likeness (QED) is 0.420. The largest absolute Gasteiger partial charge is 0.493 e. The fourth-order valence-electron chi connectivity index (χ4n) is 1.78. The van der Waals surface area contributed by atoms with Gasteiger partial charge in [0, 0.05) is 17.7 Å². The molecule has 0 aliphatic rings. The molecule has 0 spiro atoms. The van der Waals surface area contributed by atoms with E-state index >= 15 is 0 Å². The number of amides is 2. The maximum atomic E-state index is 12.1. The van der Waals surface area contributed by atoms with Crippen LogP contribution >= 0.6 is 0 Å². The molecular formula is C16H20N2O7. The zero-order valence-corrected chi connectivity index (χ0v) is 14.4. The fraction of sp³-hybridized carbons (Fsp3) is 0.312. The molecule has 0 heterocycles. The zero-order valence-electron chi connectivity index (χ0n) is 14.4. The summed E-state index contributed by atoms with van der Waals surface area (Å²) in [4.78, 5) is 34.8. The molecular weight excluding hydrogens is 332 g/mol. The van der Waals surface area contributed by atoms with E-state index in [2.05, 4.69) is 15.6 Å². The first-order chi connectivity index (χ1) is 12.0. The molecule has 25 heavy (non-hydrogen) atoms. The summed E-state index contributed by atoms with van der Waals surface area (Å²) < 4.78 is 20.1. The molecule has 0 radical (unpaired) electrons. The molecule has 9 heteroatoms. The molecule has 0 saturated heterocycles. The molecule has 2 N–H and O–H groups in total. The van der Waals surface area contributed by atoms with Crippen molar-refractivity contribution in [1.82, 2.24) is 10.9 Å². The third-order valence-corrected chi connectivity index (χ3v) is 2.88. The summed E-state index contributed by atoms with van der Waals surface area (Å²) in [5.74, 6) is -1.05. The number of methoxy groups -OCH3 is 3. The SMILES string of the molecule is CCOC(=O)C=CC(=O)NNC(=O)c1cc(OC)c(OC)c(OC)c1. The first kappa shape index (κ1) is 19.8. The van der Waals surface area contributed by atoms with Gasteiger partial charge in [-0.15, -0.1) is 0 Å². The molecule has 1 rings (SSSR count). The van der Waals surface area contributed by atoms with E-state index in [9.17, 15) is 14.4 Å². The number of carbonyl (C=O) groups excluding carboxylic acids is 3. The number of carbonyl (C=O) groups is 3. The highest BCUT2D eigenvalue weighted by Crippen LogP contribution is 2.38. The van der Waals surface area contributed by atoms with Crippen LogP contribution in [0.4, 0.5) is 0 Å². The van der Waals surface area contributed by atoms with Crippen LogP contribution in [0, 0.1) is 0 Å². The van der Waals surface area contributed by atoms with Crippen molar-refractivity contribution in [3.8, 4) is 17.2 Å². The molecule has 136 valence electrons. The monoisotopic (exact) mass is 352 g/mol. The van der Waals surface area contributed by atoms with E-state index in [1.807, 2.05) is 0 Å². The Labute approximate surface area is 144 Å². The van der Waals surface area contributed by atoms with Gasteiger partial charge in [0.25, 0.3) is 11.8 Å². The summed E-state index contributed by atoms with van der Waals surface area (Å²) in [5.41, 5.74) is 4.51. The summed E-state index contributed by atoms with van der Waals surface area (Å²) in [6, 6.07) is 2.86. The summed E-state index contributed by atoms with van der Waals surface area (Å²) in [7, 11) is 4.28. The number of benzene rings is 1. The Balaban J connectivity index is 2.78. The lowest BCUT2D eigenvalue weighted by atomic mass is 10.1. The Hall–Kier alpha value is -3.23. The molecule has 0 aliphatic carbocycles. The molecule has 0 unspecified atom stereocenters. The number of nitrogens with one attached hydrogen (secondary N) is 2. The second-order valence-corrected chi connectivity index (χ2v) is 4.44. The maximum absolute atomic E-state index is 12.1. The Morgan fingerprint density at radius 1 is 0.960 bits per heavy atom. The van der Waals surface area contributed by atoms with Crippen LogP contribution in [0.25, 0.3) is 0 Å². The van der Waals surface area contributed by atoms with Gasteiger partial charge in [-0.25, -0.2) is 4.79 Å². The minimum atomic E-state index is -0.700. The van der Waals surface area contributed by atoms with Gasteiger partial charge in [-0.1, -0.05) is 0 Å². The second kappa shape index (κ2) is 9.81. The Bertz CT molecular complexity index is 645. The third-order valence-electron chi connectivity index (χ3n) is 2.88. The predicted octanol–water partition coefficient (Wildman–Crippen LogP) is 0.593. The smallest absolute Gasteiger partial charge is 0.330 e. The number of ether oxygens (including phenoxy) is 4. The fourth-order valence-corrected chi connectivity index (χ4v) is 1.78. The van der Waals surface area contributed by atoms with Crippen LogP contribution in [-0.4, -0.2) is 45.7 Å². The van der Waals surface area contributed by atoms with Crippen molar-refractivity contribution >= 4 is 17.8 Å². The van der Waals surface area contributed by atoms with Gasteiger partial charge in [-0.3, -0.25) is 20.4 Å². The van der Waals surface area contributed by atoms with Crippen LogP contribution in [0.3, 0.4) is 0 Å². The van der Waals surface area contributed by atoms with Crippen LogP contribution in [-0.2, 0) is 14.3 Å². The zero-order chi connectivity index (χ0) is 18.8. The van der Waals surface area contributed by atoms with Crippen molar-refractivity contribution in [2.24, 2.45) is 0 Å². The van der Waals surface area contributed by atoms with Crippen molar-refractivity contribution in [3.05, 3.63) is 29.8 Å². The maximum Gasteiger partial charge on any atom is 0.330 e. The summed E-state index contributed by atoms with van der Waals surface area (Å²) in [5, 5.41) is 0. The van der Waals surface area contributed by atoms with E-state index in [0.29, 0.717) is 17.2 Å². The summed E-state index contributed by atoms with van der Waals surface area (Å²) in [6.45, 7) is 1.84. The number of hydrazine groups is 1. The lowest BCUT2D eigenvalue weighted by molar-refractivity contribution is -0.137. The molecule has 0 fully saturated rings. The molecule has 9 nitrogen and oxygen atoms in total. The first-order valence-electron chi connectivity index (χ1n) is 7.21. The van der Waals surface area contributed by atoms with E-state index in [4.69, 9.17) is 14.2 Å². The third kappa shape index (κ3) is 5.72. The van der Waals surface area contributed by atoms with Crippen molar-refractivity contribution in [3.63, 3.8) is 0 Å². The van der Waals surface area contributed by atoms with Gasteiger partial charge in [0.05, 0.1) is 27.9 Å². The van der Waals surface area contributed by atoms with Crippen molar-refractivity contribution in [2.45, 2.75) is 6.92 Å². The van der Waals surface area contributed by atoms with E-state index < -0.39 is 17.8 Å². The number of hydrogen-bond acceptors (Lipinski definition) is 7. The molecule has 0 aliphatic heterocycles. The summed E-state index contributed by atoms with van der Waals surface area (Å²) >= 11 is 0. The van der Waals surface area contributed by atoms with Gasteiger partial charge in [0.2, 0.25) is 5.75 Å². The van der Waals surface area contributed by atoms with Gasteiger partial charge in [-0.05, 0) is 19.1 Å². The second-order valence-electron chi connectivity index (χ2n) is 4.44. The molecule has 2 amide bonds. The Morgan fingerprint density at radius 2 is 1.56 bits per heavy atom. The van der Waals surface area contributed by atoms with Gasteiger partial charge in [0.15, 0.2) is 11.5 Å². The predicted molar refractivity (Wildman–Crippen MR) is 87.5 cm³/mol. The van der Waals surface area contributed by atoms with Gasteiger partial charge in [-0.2, -0.15) is 0 Å². The van der Waals surface area contributed by atoms with Crippen molar-refractivity contribution in [1.29, 1.82) is 0 Å². The minimum absolute atomic E-state index is 0.171. The molecule has 1 aromatic carbocycles. The first-order valence-corrected chi connectivity index (χ1v) is 7.21. The molecule has 0 bridgehead atoms. The van der Waals surface area contributed by atoms with Crippen LogP contribution in [0.5, 0.6) is 17.2 Å². The highest BCUT2D eigenvalue weighted by molar-refractivity contribution is 5.99. The van der Waals surface area contributed by atoms with Gasteiger partial charge < -0.3 is 18.9 Å². The number of rotatable bonds is 7. The lowest BCUT2D eigenvalue weighted by Crippen LogP contribution is -2.40. The lowest BCUT2D eigenvalue weighted by Gasteiger charge is -2.14. The minimum Gasteiger partial charge on any atom is -0.493 e. The number of hydrogen-bond donors (Lipinski definition) is 2. The van der Waals surface area contributed by atoms with E-state index in [1.165, 1.54) is 33.5 Å². The van der Waals surface area contributed by atoms with Crippen LogP contribution in [0.2, 0.25) is 0 Å². The van der Waals surface area contributed by atoms with E-state index in [-0.39, 0.29) is 12.2 Å². The average Bonchev–Trinajstić information content (AvgIpc) is 2.63. The van der Waals surface area contributed by atoms with E-state index in [0.717, 1.165) is 12.2 Å². The highest BCUT2D eigenvalue weighted by atomic mass is 16.5. The molecule has 0 saturated carbocycles. The van der Waals surface area contributed by atoms with E-state index in [1.54, 1.807) is 6.92 Å². The standard InChI is InChI=1S/C16H20N2O7/c1-5-25-14(20)7-6-13(19)17-18-16(21)10-8-11(22-2)15(24-4)12(9-10)23-3/h6-9H,5H2,1-4H3,(H,17,19)(H,18,21). The van der Waals surface area contributed by atoms with Crippen molar-refractivity contribution < 1.29 is 33.3 Å². The van der Waals surface area contributed by atoms with Crippen molar-refractivity contribution in [2.75, 3.05) is 27.9 Å². The molecule has 0 atom stereocenters. The van der Waals surface area contributed by atoms with Crippen LogP contribution < -0.4 is 25.1 Å². The normalized spacial score (nSPS) is 10.1. The highest BCUT2D eigenvalue weighted by Gasteiger charge is 2.17. The summed E-state index contributed by atoms with van der Waals surface area (Å²) in [6.07, 6.45) is 1.89. The Kier molecular flexibility index (Phi) is 7.77. The van der Waals surface area contributed by atoms with Gasteiger partial charge in [0.1, 0.15) is 0 Å². The van der Waals surface area contributed by atoms with Crippen LogP contribution in [0.15, 0.2) is 24.3 Å². The Morgan fingerprint density at radius 3 is 2.04 bits per heavy atom. The number of esters is 1. The molecule has 0 aromatic heterocycles.